The number of amides is 1. The van der Waals surface area contributed by atoms with E-state index in [2.05, 4.69) is 17.2 Å². The van der Waals surface area contributed by atoms with Crippen LogP contribution in [0.4, 0.5) is 0 Å². The van der Waals surface area contributed by atoms with E-state index in [1.54, 1.807) is 30.8 Å². The Kier molecular flexibility index (Phi) is 6.87. The zero-order valence-corrected chi connectivity index (χ0v) is 14.3. The summed E-state index contributed by atoms with van der Waals surface area (Å²) in [5.41, 5.74) is 3.20. The Morgan fingerprint density at radius 3 is 2.87 bits per heavy atom. The molecule has 0 unspecified atom stereocenters. The van der Waals surface area contributed by atoms with Crippen LogP contribution in [-0.4, -0.2) is 24.5 Å². The summed E-state index contributed by atoms with van der Waals surface area (Å²) in [5, 5.41) is 4.85. The third-order valence-corrected chi connectivity index (χ3v) is 3.99. The number of aromatic nitrogens is 1. The molecule has 0 fully saturated rings. The van der Waals surface area contributed by atoms with Crippen LogP contribution in [0.5, 0.6) is 11.5 Å². The van der Waals surface area contributed by atoms with Gasteiger partial charge in [0.2, 0.25) is 0 Å². The highest BCUT2D eigenvalue weighted by molar-refractivity contribution is 7.07. The topological polar surface area (TPSA) is 60.5 Å². The molecule has 6 heteroatoms. The molecule has 5 nitrogen and oxygen atoms in total. The Hall–Kier alpha value is -2.08. The number of rotatable bonds is 9. The zero-order chi connectivity index (χ0) is 16.5. The van der Waals surface area contributed by atoms with E-state index < -0.39 is 0 Å². The normalized spacial score (nSPS) is 10.3. The molecule has 0 aliphatic carbocycles. The van der Waals surface area contributed by atoms with Gasteiger partial charge in [0.25, 0.3) is 5.91 Å². The minimum atomic E-state index is -0.0922. The lowest BCUT2D eigenvalue weighted by atomic mass is 10.2. The van der Waals surface area contributed by atoms with Gasteiger partial charge in [-0.1, -0.05) is 19.8 Å². The molecule has 2 rings (SSSR count). The Labute approximate surface area is 140 Å². The molecule has 0 atom stereocenters. The summed E-state index contributed by atoms with van der Waals surface area (Å²) in [6, 6.07) is 5.20. The summed E-state index contributed by atoms with van der Waals surface area (Å²) in [6.45, 7) is 3.20. The molecule has 0 saturated carbocycles. The number of methoxy groups -OCH3 is 1. The second-order valence-corrected chi connectivity index (χ2v) is 5.82. The molecule has 1 aromatic heterocycles. The highest BCUT2D eigenvalue weighted by Gasteiger charge is 2.11. The molecule has 0 radical (unpaired) electrons. The standard InChI is InChI=1S/C17H22N2O3S/c1-3-4-5-8-18-17(20)13-6-7-15(16(9-13)21-2)22-10-14-11-23-12-19-14/h6-7,9,11-12H,3-5,8,10H2,1-2H3,(H,18,20). The van der Waals surface area contributed by atoms with Crippen LogP contribution < -0.4 is 14.8 Å². The van der Waals surface area contributed by atoms with Crippen molar-refractivity contribution < 1.29 is 14.3 Å². The number of nitrogens with zero attached hydrogens (tertiary/aromatic N) is 1. The number of hydrogen-bond donors (Lipinski definition) is 1. The maximum absolute atomic E-state index is 12.1. The van der Waals surface area contributed by atoms with E-state index in [1.807, 2.05) is 5.38 Å². The molecule has 0 bridgehead atoms. The van der Waals surface area contributed by atoms with Gasteiger partial charge in [-0.3, -0.25) is 4.79 Å². The van der Waals surface area contributed by atoms with Crippen LogP contribution in [0.15, 0.2) is 29.1 Å². The first-order chi connectivity index (χ1) is 11.2. The van der Waals surface area contributed by atoms with E-state index >= 15 is 0 Å². The Bertz CT molecular complexity index is 614. The number of benzene rings is 1. The number of unbranched alkanes of at least 4 members (excludes halogenated alkanes) is 2. The van der Waals surface area contributed by atoms with Crippen molar-refractivity contribution in [3.05, 3.63) is 40.3 Å². The molecule has 1 amide bonds. The van der Waals surface area contributed by atoms with Crippen LogP contribution in [0, 0.1) is 0 Å². The molecule has 1 N–H and O–H groups in total. The number of nitrogens with one attached hydrogen (secondary N) is 1. The zero-order valence-electron chi connectivity index (χ0n) is 13.5. The van der Waals surface area contributed by atoms with Gasteiger partial charge in [-0.25, -0.2) is 4.98 Å². The van der Waals surface area contributed by atoms with Crippen molar-refractivity contribution in [2.24, 2.45) is 0 Å². The predicted molar refractivity (Wildman–Crippen MR) is 91.3 cm³/mol. The molecule has 1 heterocycles. The van der Waals surface area contributed by atoms with Crippen LogP contribution in [0.1, 0.15) is 42.2 Å². The number of ether oxygens (including phenoxy) is 2. The SMILES string of the molecule is CCCCCNC(=O)c1ccc(OCc2cscn2)c(OC)c1. The first-order valence-corrected chi connectivity index (χ1v) is 8.65. The minimum Gasteiger partial charge on any atom is -0.493 e. The fourth-order valence-corrected chi connectivity index (χ4v) is 2.61. The van der Waals surface area contributed by atoms with Gasteiger partial charge in [0.05, 0.1) is 18.3 Å². The number of carbonyl (C=O) groups is 1. The largest absolute Gasteiger partial charge is 0.493 e. The summed E-state index contributed by atoms with van der Waals surface area (Å²) in [4.78, 5) is 16.3. The van der Waals surface area contributed by atoms with Gasteiger partial charge in [0.1, 0.15) is 6.61 Å². The minimum absolute atomic E-state index is 0.0922. The van der Waals surface area contributed by atoms with Crippen molar-refractivity contribution in [1.29, 1.82) is 0 Å². The highest BCUT2D eigenvalue weighted by atomic mass is 32.1. The van der Waals surface area contributed by atoms with Crippen LogP contribution in [0.3, 0.4) is 0 Å². The Morgan fingerprint density at radius 1 is 1.30 bits per heavy atom. The van der Waals surface area contributed by atoms with Crippen molar-refractivity contribution in [2.75, 3.05) is 13.7 Å². The quantitative estimate of drug-likeness (QED) is 0.711. The first-order valence-electron chi connectivity index (χ1n) is 7.70. The monoisotopic (exact) mass is 334 g/mol. The van der Waals surface area contributed by atoms with Gasteiger partial charge in [-0.2, -0.15) is 0 Å². The number of carbonyl (C=O) groups excluding carboxylic acids is 1. The molecular weight excluding hydrogens is 312 g/mol. The lowest BCUT2D eigenvalue weighted by Gasteiger charge is -2.11. The van der Waals surface area contributed by atoms with Gasteiger partial charge >= 0.3 is 0 Å². The fraction of sp³-hybridized carbons (Fsp3) is 0.412. The molecule has 0 spiro atoms. The summed E-state index contributed by atoms with van der Waals surface area (Å²) in [7, 11) is 1.56. The average Bonchev–Trinajstić information content (AvgIpc) is 3.10. The molecule has 1 aromatic carbocycles. The van der Waals surface area contributed by atoms with E-state index in [4.69, 9.17) is 9.47 Å². The van der Waals surface area contributed by atoms with E-state index in [9.17, 15) is 4.79 Å². The number of thiazole rings is 1. The molecule has 0 saturated heterocycles. The van der Waals surface area contributed by atoms with Crippen LogP contribution in [0.25, 0.3) is 0 Å². The second-order valence-electron chi connectivity index (χ2n) is 5.10. The molecule has 2 aromatic rings. The second kappa shape index (κ2) is 9.15. The predicted octanol–water partition coefficient (Wildman–Crippen LogP) is 3.65. The van der Waals surface area contributed by atoms with Crippen LogP contribution in [-0.2, 0) is 6.61 Å². The summed E-state index contributed by atoms with van der Waals surface area (Å²) >= 11 is 1.53. The Morgan fingerprint density at radius 2 is 2.17 bits per heavy atom. The van der Waals surface area contributed by atoms with E-state index in [-0.39, 0.29) is 5.91 Å². The lowest BCUT2D eigenvalue weighted by Crippen LogP contribution is -2.24. The molecule has 124 valence electrons. The third kappa shape index (κ3) is 5.25. The van der Waals surface area contributed by atoms with Gasteiger partial charge in [0, 0.05) is 17.5 Å². The van der Waals surface area contributed by atoms with Crippen molar-refractivity contribution in [1.82, 2.24) is 10.3 Å². The molecular formula is C17H22N2O3S. The maximum Gasteiger partial charge on any atom is 0.251 e. The van der Waals surface area contributed by atoms with Crippen molar-refractivity contribution in [3.63, 3.8) is 0 Å². The summed E-state index contributed by atoms with van der Waals surface area (Å²) < 4.78 is 11.0. The molecule has 0 aliphatic rings. The van der Waals surface area contributed by atoms with Crippen molar-refractivity contribution >= 4 is 17.2 Å². The third-order valence-electron chi connectivity index (χ3n) is 3.35. The van der Waals surface area contributed by atoms with E-state index in [1.165, 1.54) is 11.3 Å². The molecule has 23 heavy (non-hydrogen) atoms. The first kappa shape index (κ1) is 17.3. The fourth-order valence-electron chi connectivity index (χ4n) is 2.07. The van der Waals surface area contributed by atoms with Crippen LogP contribution >= 0.6 is 11.3 Å². The van der Waals surface area contributed by atoms with E-state index in [0.29, 0.717) is 30.2 Å². The van der Waals surface area contributed by atoms with Gasteiger partial charge < -0.3 is 14.8 Å². The average molecular weight is 334 g/mol. The van der Waals surface area contributed by atoms with Crippen molar-refractivity contribution in [3.8, 4) is 11.5 Å². The van der Waals surface area contributed by atoms with Gasteiger partial charge in [-0.05, 0) is 24.6 Å². The lowest BCUT2D eigenvalue weighted by molar-refractivity contribution is 0.0952. The number of hydrogen-bond acceptors (Lipinski definition) is 5. The molecule has 0 aliphatic heterocycles. The van der Waals surface area contributed by atoms with E-state index in [0.717, 1.165) is 25.0 Å². The van der Waals surface area contributed by atoms with Crippen molar-refractivity contribution in [2.45, 2.75) is 32.8 Å². The smallest absolute Gasteiger partial charge is 0.251 e. The van der Waals surface area contributed by atoms with Gasteiger partial charge in [-0.15, -0.1) is 11.3 Å². The highest BCUT2D eigenvalue weighted by Crippen LogP contribution is 2.28. The summed E-state index contributed by atoms with van der Waals surface area (Å²) in [5.74, 6) is 1.05. The Balaban J connectivity index is 1.96. The van der Waals surface area contributed by atoms with Gasteiger partial charge in [0.15, 0.2) is 11.5 Å². The maximum atomic E-state index is 12.1. The van der Waals surface area contributed by atoms with Crippen LogP contribution in [0.2, 0.25) is 0 Å². The summed E-state index contributed by atoms with van der Waals surface area (Å²) in [6.07, 6.45) is 3.25.